The fourth-order valence-electron chi connectivity index (χ4n) is 3.03. The van der Waals surface area contributed by atoms with Gasteiger partial charge in [-0.15, -0.1) is 0 Å². The van der Waals surface area contributed by atoms with E-state index in [2.05, 4.69) is 6.58 Å². The fraction of sp³-hybridized carbons (Fsp3) is 0.238. The van der Waals surface area contributed by atoms with Crippen molar-refractivity contribution in [2.45, 2.75) is 33.6 Å². The Labute approximate surface area is 146 Å². The van der Waals surface area contributed by atoms with Crippen molar-refractivity contribution >= 4 is 22.7 Å². The van der Waals surface area contributed by atoms with Crippen LogP contribution in [0.25, 0.3) is 10.8 Å². The Morgan fingerprint density at radius 2 is 1.56 bits per heavy atom. The number of rotatable bonds is 3. The van der Waals surface area contributed by atoms with Crippen LogP contribution in [0.4, 0.5) is 0 Å². The Kier molecular flexibility index (Phi) is 4.45. The highest BCUT2D eigenvalue weighted by atomic mass is 16.5. The molecule has 0 unspecified atom stereocenters. The number of fused-ring (bicyclic) bond motifs is 2. The van der Waals surface area contributed by atoms with Crippen molar-refractivity contribution in [3.8, 4) is 11.5 Å². The second kappa shape index (κ2) is 6.55. The maximum absolute atomic E-state index is 12.1. The van der Waals surface area contributed by atoms with Crippen LogP contribution in [0.2, 0.25) is 0 Å². The van der Waals surface area contributed by atoms with Gasteiger partial charge in [-0.3, -0.25) is 4.79 Å². The van der Waals surface area contributed by atoms with Crippen molar-refractivity contribution in [1.82, 2.24) is 0 Å². The number of allylic oxidation sites excluding steroid dienone is 2. The fourth-order valence-corrected chi connectivity index (χ4v) is 3.03. The summed E-state index contributed by atoms with van der Waals surface area (Å²) in [5.41, 5.74) is 3.14. The first-order valence-corrected chi connectivity index (χ1v) is 8.17. The van der Waals surface area contributed by atoms with E-state index in [1.165, 1.54) is 6.92 Å². The molecule has 1 aliphatic carbocycles. The van der Waals surface area contributed by atoms with Crippen molar-refractivity contribution in [3.05, 3.63) is 59.2 Å². The zero-order valence-electron chi connectivity index (χ0n) is 14.6. The summed E-state index contributed by atoms with van der Waals surface area (Å²) in [7, 11) is 0. The molecule has 25 heavy (non-hydrogen) atoms. The van der Waals surface area contributed by atoms with E-state index < -0.39 is 5.97 Å². The van der Waals surface area contributed by atoms with Gasteiger partial charge in [-0.25, -0.2) is 4.79 Å². The number of hydrogen-bond acceptors (Lipinski definition) is 4. The van der Waals surface area contributed by atoms with Gasteiger partial charge < -0.3 is 9.47 Å². The third-order valence-corrected chi connectivity index (χ3v) is 4.18. The summed E-state index contributed by atoms with van der Waals surface area (Å²) in [5.74, 6) is 0.254. The summed E-state index contributed by atoms with van der Waals surface area (Å²) in [6.45, 7) is 8.63. The van der Waals surface area contributed by atoms with Crippen molar-refractivity contribution in [3.63, 3.8) is 0 Å². The molecule has 4 heteroatoms. The van der Waals surface area contributed by atoms with E-state index in [-0.39, 0.29) is 5.97 Å². The summed E-state index contributed by atoms with van der Waals surface area (Å²) in [6, 6.07) is 5.80. The van der Waals surface area contributed by atoms with E-state index in [9.17, 15) is 9.59 Å². The van der Waals surface area contributed by atoms with Crippen LogP contribution in [0, 0.1) is 6.92 Å². The Morgan fingerprint density at radius 3 is 2.12 bits per heavy atom. The minimum absolute atomic E-state index is 0.337. The highest BCUT2D eigenvalue weighted by Gasteiger charge is 2.24. The SMILES string of the molecule is C=C(C)C(=O)Oc1c2c(c(OC(C)=O)c3cc(C)ccc13)CC=CC2. The van der Waals surface area contributed by atoms with Crippen molar-refractivity contribution in [2.75, 3.05) is 0 Å². The van der Waals surface area contributed by atoms with Gasteiger partial charge in [-0.2, -0.15) is 0 Å². The molecule has 4 nitrogen and oxygen atoms in total. The number of carbonyl (C=O) groups is 2. The van der Waals surface area contributed by atoms with Crippen molar-refractivity contribution in [1.29, 1.82) is 0 Å². The number of benzene rings is 2. The summed E-state index contributed by atoms with van der Waals surface area (Å²) in [5, 5.41) is 1.53. The van der Waals surface area contributed by atoms with Gasteiger partial charge in [0.05, 0.1) is 0 Å². The van der Waals surface area contributed by atoms with E-state index in [4.69, 9.17) is 9.47 Å². The molecule has 0 spiro atoms. The quantitative estimate of drug-likeness (QED) is 0.365. The lowest BCUT2D eigenvalue weighted by Crippen LogP contribution is -2.14. The van der Waals surface area contributed by atoms with Gasteiger partial charge in [0.25, 0.3) is 0 Å². The van der Waals surface area contributed by atoms with Crippen LogP contribution in [0.15, 0.2) is 42.5 Å². The van der Waals surface area contributed by atoms with Gasteiger partial charge in [0.15, 0.2) is 0 Å². The zero-order valence-corrected chi connectivity index (χ0v) is 14.6. The van der Waals surface area contributed by atoms with Gasteiger partial charge in [0.2, 0.25) is 0 Å². The van der Waals surface area contributed by atoms with Crippen LogP contribution in [0.3, 0.4) is 0 Å². The molecule has 0 atom stereocenters. The van der Waals surface area contributed by atoms with Gasteiger partial charge in [-0.1, -0.05) is 36.4 Å². The van der Waals surface area contributed by atoms with Gasteiger partial charge in [-0.05, 0) is 32.8 Å². The molecule has 0 bridgehead atoms. The molecule has 3 rings (SSSR count). The zero-order chi connectivity index (χ0) is 18.1. The maximum atomic E-state index is 12.1. The molecule has 0 N–H and O–H groups in total. The number of ether oxygens (including phenoxy) is 2. The topological polar surface area (TPSA) is 52.6 Å². The van der Waals surface area contributed by atoms with E-state index >= 15 is 0 Å². The molecule has 1 aliphatic rings. The summed E-state index contributed by atoms with van der Waals surface area (Å²) in [4.78, 5) is 23.8. The Morgan fingerprint density at radius 1 is 0.960 bits per heavy atom. The summed E-state index contributed by atoms with van der Waals surface area (Å²) >= 11 is 0. The minimum atomic E-state index is -0.459. The van der Waals surface area contributed by atoms with Crippen LogP contribution in [-0.2, 0) is 22.4 Å². The van der Waals surface area contributed by atoms with E-state index in [1.54, 1.807) is 6.92 Å². The average molecular weight is 336 g/mol. The monoisotopic (exact) mass is 336 g/mol. The highest BCUT2D eigenvalue weighted by Crippen LogP contribution is 2.43. The van der Waals surface area contributed by atoms with Crippen molar-refractivity contribution < 1.29 is 19.1 Å². The maximum Gasteiger partial charge on any atom is 0.338 e. The molecule has 2 aromatic rings. The Balaban J connectivity index is 2.34. The van der Waals surface area contributed by atoms with Gasteiger partial charge in [0, 0.05) is 34.4 Å². The molecule has 0 aliphatic heterocycles. The number of esters is 2. The molecular weight excluding hydrogens is 316 g/mol. The first-order valence-electron chi connectivity index (χ1n) is 8.17. The third kappa shape index (κ3) is 3.20. The smallest absolute Gasteiger partial charge is 0.338 e. The first kappa shape index (κ1) is 17.0. The lowest BCUT2D eigenvalue weighted by Gasteiger charge is -2.22. The minimum Gasteiger partial charge on any atom is -0.426 e. The molecule has 0 fully saturated rings. The largest absolute Gasteiger partial charge is 0.426 e. The molecule has 0 saturated heterocycles. The van der Waals surface area contributed by atoms with Gasteiger partial charge >= 0.3 is 11.9 Å². The number of aryl methyl sites for hydroxylation is 1. The molecule has 0 saturated carbocycles. The second-order valence-electron chi connectivity index (χ2n) is 6.31. The predicted octanol–water partition coefficient (Wildman–Crippen LogP) is 4.21. The molecule has 0 heterocycles. The van der Waals surface area contributed by atoms with E-state index in [0.29, 0.717) is 29.9 Å². The van der Waals surface area contributed by atoms with Crippen molar-refractivity contribution in [2.24, 2.45) is 0 Å². The normalized spacial score (nSPS) is 12.6. The third-order valence-electron chi connectivity index (χ3n) is 4.18. The number of carbonyl (C=O) groups excluding carboxylic acids is 2. The number of hydrogen-bond donors (Lipinski definition) is 0. The van der Waals surface area contributed by atoms with Crippen LogP contribution in [0.5, 0.6) is 11.5 Å². The predicted molar refractivity (Wildman–Crippen MR) is 97.0 cm³/mol. The lowest BCUT2D eigenvalue weighted by molar-refractivity contribution is -0.132. The van der Waals surface area contributed by atoms with Gasteiger partial charge in [0.1, 0.15) is 11.5 Å². The van der Waals surface area contributed by atoms with E-state index in [0.717, 1.165) is 27.5 Å². The summed E-state index contributed by atoms with van der Waals surface area (Å²) in [6.07, 6.45) is 5.30. The Hall–Kier alpha value is -2.88. The second-order valence-corrected chi connectivity index (χ2v) is 6.31. The standard InChI is InChI=1S/C21H20O4/c1-12(2)21(23)25-19-15-7-5-6-8-16(15)20(24-14(4)22)18-11-13(3)9-10-17(18)19/h5-6,9-11H,1,7-8H2,2-4H3. The molecule has 0 amide bonds. The molecular formula is C21H20O4. The first-order chi connectivity index (χ1) is 11.9. The average Bonchev–Trinajstić information content (AvgIpc) is 2.57. The van der Waals surface area contributed by atoms with Crippen LogP contribution in [0.1, 0.15) is 30.5 Å². The molecule has 128 valence electrons. The van der Waals surface area contributed by atoms with E-state index in [1.807, 2.05) is 37.3 Å². The molecule has 0 radical (unpaired) electrons. The van der Waals surface area contributed by atoms with Crippen LogP contribution < -0.4 is 9.47 Å². The summed E-state index contributed by atoms with van der Waals surface area (Å²) < 4.78 is 11.2. The lowest BCUT2D eigenvalue weighted by atomic mass is 9.90. The van der Waals surface area contributed by atoms with Crippen LogP contribution >= 0.6 is 0 Å². The molecule has 0 aromatic heterocycles. The van der Waals surface area contributed by atoms with Crippen LogP contribution in [-0.4, -0.2) is 11.9 Å². The Bertz CT molecular complexity index is 935. The molecule has 2 aromatic carbocycles. The highest BCUT2D eigenvalue weighted by molar-refractivity contribution is 6.00.